The molecule has 1 aliphatic heterocycles. The van der Waals surface area contributed by atoms with Crippen LogP contribution in [0.15, 0.2) is 34.6 Å². The van der Waals surface area contributed by atoms with Gasteiger partial charge in [-0.25, -0.2) is 9.98 Å². The molecule has 2 heterocycles. The van der Waals surface area contributed by atoms with Gasteiger partial charge in [-0.2, -0.15) is 13.2 Å². The van der Waals surface area contributed by atoms with Crippen LogP contribution in [0, 0.1) is 0 Å². The quantitative estimate of drug-likeness (QED) is 0.512. The number of benzene rings is 1. The molecule has 2 aromatic rings. The zero-order valence-electron chi connectivity index (χ0n) is 16.6. The molecule has 30 heavy (non-hydrogen) atoms. The number of carbonyl (C=O) groups is 1. The van der Waals surface area contributed by atoms with E-state index in [1.807, 2.05) is 36.1 Å². The van der Waals surface area contributed by atoms with Crippen LogP contribution in [0.1, 0.15) is 41.6 Å². The number of hydrogen-bond acceptors (Lipinski definition) is 4. The van der Waals surface area contributed by atoms with Gasteiger partial charge >= 0.3 is 6.18 Å². The molecule has 0 bridgehead atoms. The molecule has 2 N–H and O–H groups in total. The van der Waals surface area contributed by atoms with E-state index in [-0.39, 0.29) is 12.5 Å². The van der Waals surface area contributed by atoms with E-state index in [0.717, 1.165) is 40.8 Å². The molecule has 0 atom stereocenters. The lowest BCUT2D eigenvalue weighted by atomic mass is 10.1. The SMILES string of the molecule is CCNC(=NCc1ccc(CN2CCCC2=O)cc1)NCc1nc(C(F)(F)F)cs1. The summed E-state index contributed by atoms with van der Waals surface area (Å²) in [5, 5.41) is 7.44. The van der Waals surface area contributed by atoms with Crippen LogP contribution in [-0.4, -0.2) is 34.8 Å². The van der Waals surface area contributed by atoms with E-state index in [4.69, 9.17) is 0 Å². The molecular formula is C20H24F3N5OS. The number of rotatable bonds is 7. The molecule has 10 heteroatoms. The Morgan fingerprint density at radius 3 is 2.57 bits per heavy atom. The Kier molecular flexibility index (Phi) is 7.30. The van der Waals surface area contributed by atoms with Crippen molar-refractivity contribution in [1.29, 1.82) is 0 Å². The Balaban J connectivity index is 1.54. The topological polar surface area (TPSA) is 69.6 Å². The lowest BCUT2D eigenvalue weighted by molar-refractivity contribution is -0.140. The predicted molar refractivity (Wildman–Crippen MR) is 110 cm³/mol. The second-order valence-corrected chi connectivity index (χ2v) is 7.85. The van der Waals surface area contributed by atoms with Crippen LogP contribution in [-0.2, 0) is 30.6 Å². The minimum absolute atomic E-state index is 0.162. The van der Waals surface area contributed by atoms with E-state index in [1.165, 1.54) is 0 Å². The number of carbonyl (C=O) groups excluding carboxylic acids is 1. The Bertz CT molecular complexity index is 879. The standard InChI is InChI=1S/C20H24F3N5OS/c1-2-24-19(26-11-17-27-16(13-30-17)20(21,22)23)25-10-14-5-7-15(8-6-14)12-28-9-3-4-18(28)29/h5-8,13H,2-4,9-12H2,1H3,(H2,24,25,26). The van der Waals surface area contributed by atoms with Crippen LogP contribution in [0.25, 0.3) is 0 Å². The van der Waals surface area contributed by atoms with Gasteiger partial charge in [0.2, 0.25) is 5.91 Å². The van der Waals surface area contributed by atoms with Gasteiger partial charge in [0.25, 0.3) is 0 Å². The lowest BCUT2D eigenvalue weighted by Gasteiger charge is -2.15. The summed E-state index contributed by atoms with van der Waals surface area (Å²) >= 11 is 0.961. The summed E-state index contributed by atoms with van der Waals surface area (Å²) in [6.07, 6.45) is -2.88. The molecule has 1 fully saturated rings. The number of likely N-dealkylation sites (tertiary alicyclic amines) is 1. The average molecular weight is 440 g/mol. The van der Waals surface area contributed by atoms with E-state index in [1.54, 1.807) is 0 Å². The fourth-order valence-corrected chi connectivity index (χ4v) is 3.78. The summed E-state index contributed by atoms with van der Waals surface area (Å²) in [5.74, 6) is 0.709. The third-order valence-electron chi connectivity index (χ3n) is 4.58. The van der Waals surface area contributed by atoms with Gasteiger partial charge in [-0.3, -0.25) is 4.79 Å². The van der Waals surface area contributed by atoms with Crippen LogP contribution in [0.5, 0.6) is 0 Å². The summed E-state index contributed by atoms with van der Waals surface area (Å²) in [4.78, 5) is 21.7. The minimum atomic E-state index is -4.43. The zero-order chi connectivity index (χ0) is 21.6. The van der Waals surface area contributed by atoms with Gasteiger partial charge < -0.3 is 15.5 Å². The third-order valence-corrected chi connectivity index (χ3v) is 5.43. The summed E-state index contributed by atoms with van der Waals surface area (Å²) in [6.45, 7) is 4.56. The maximum absolute atomic E-state index is 12.7. The number of nitrogens with one attached hydrogen (secondary N) is 2. The summed E-state index contributed by atoms with van der Waals surface area (Å²) < 4.78 is 38.0. The molecule has 3 rings (SSSR count). The number of guanidine groups is 1. The highest BCUT2D eigenvalue weighted by Crippen LogP contribution is 2.29. The zero-order valence-corrected chi connectivity index (χ0v) is 17.4. The molecule has 1 aromatic heterocycles. The molecule has 0 radical (unpaired) electrons. The largest absolute Gasteiger partial charge is 0.434 e. The van der Waals surface area contributed by atoms with Crippen molar-refractivity contribution >= 4 is 23.2 Å². The van der Waals surface area contributed by atoms with E-state index in [9.17, 15) is 18.0 Å². The van der Waals surface area contributed by atoms with E-state index in [0.29, 0.717) is 37.0 Å². The van der Waals surface area contributed by atoms with E-state index >= 15 is 0 Å². The van der Waals surface area contributed by atoms with Gasteiger partial charge in [0.15, 0.2) is 11.7 Å². The second kappa shape index (κ2) is 9.92. The molecule has 0 unspecified atom stereocenters. The van der Waals surface area contributed by atoms with Crippen LogP contribution in [0.3, 0.4) is 0 Å². The number of hydrogen-bond donors (Lipinski definition) is 2. The molecular weight excluding hydrogens is 415 g/mol. The van der Waals surface area contributed by atoms with Gasteiger partial charge in [0.05, 0.1) is 13.1 Å². The second-order valence-electron chi connectivity index (χ2n) is 6.91. The maximum atomic E-state index is 12.7. The number of thiazole rings is 1. The predicted octanol–water partition coefficient (Wildman–Crippen LogP) is 3.54. The monoisotopic (exact) mass is 439 g/mol. The fourth-order valence-electron chi connectivity index (χ4n) is 3.04. The van der Waals surface area contributed by atoms with E-state index < -0.39 is 11.9 Å². The van der Waals surface area contributed by atoms with Crippen LogP contribution in [0.4, 0.5) is 13.2 Å². The van der Waals surface area contributed by atoms with Gasteiger partial charge in [0, 0.05) is 31.4 Å². The molecule has 0 saturated carbocycles. The van der Waals surface area contributed by atoms with Crippen LogP contribution in [0.2, 0.25) is 0 Å². The normalized spacial score (nSPS) is 15.0. The van der Waals surface area contributed by atoms with Crippen LogP contribution >= 0.6 is 11.3 Å². The Morgan fingerprint density at radius 1 is 1.23 bits per heavy atom. The summed E-state index contributed by atoms with van der Waals surface area (Å²) in [7, 11) is 0. The highest BCUT2D eigenvalue weighted by molar-refractivity contribution is 7.09. The van der Waals surface area contributed by atoms with E-state index in [2.05, 4.69) is 20.6 Å². The van der Waals surface area contributed by atoms with Crippen molar-refractivity contribution in [2.45, 2.75) is 45.6 Å². The highest BCUT2D eigenvalue weighted by atomic mass is 32.1. The first-order valence-electron chi connectivity index (χ1n) is 9.74. The fraction of sp³-hybridized carbons (Fsp3) is 0.450. The van der Waals surface area contributed by atoms with Crippen molar-refractivity contribution in [3.8, 4) is 0 Å². The number of alkyl halides is 3. The minimum Gasteiger partial charge on any atom is -0.357 e. The smallest absolute Gasteiger partial charge is 0.357 e. The van der Waals surface area contributed by atoms with Crippen molar-refractivity contribution in [1.82, 2.24) is 20.5 Å². The molecule has 1 amide bonds. The number of aliphatic imine (C=N–C) groups is 1. The lowest BCUT2D eigenvalue weighted by Crippen LogP contribution is -2.36. The third kappa shape index (κ3) is 6.19. The highest BCUT2D eigenvalue weighted by Gasteiger charge is 2.33. The first kappa shape index (κ1) is 22.1. The molecule has 6 nitrogen and oxygen atoms in total. The van der Waals surface area contributed by atoms with Gasteiger partial charge in [0.1, 0.15) is 5.01 Å². The van der Waals surface area contributed by atoms with Crippen LogP contribution < -0.4 is 10.6 Å². The maximum Gasteiger partial charge on any atom is 0.434 e. The summed E-state index contributed by atoms with van der Waals surface area (Å²) in [5.41, 5.74) is 1.20. The number of halogens is 3. The molecule has 1 aromatic carbocycles. The first-order valence-corrected chi connectivity index (χ1v) is 10.6. The van der Waals surface area contributed by atoms with Crippen molar-refractivity contribution < 1.29 is 18.0 Å². The van der Waals surface area contributed by atoms with Crippen molar-refractivity contribution in [3.63, 3.8) is 0 Å². The van der Waals surface area contributed by atoms with Crippen molar-refractivity contribution in [2.75, 3.05) is 13.1 Å². The summed E-state index contributed by atoms with van der Waals surface area (Å²) in [6, 6.07) is 7.93. The van der Waals surface area contributed by atoms with Gasteiger partial charge in [-0.1, -0.05) is 24.3 Å². The van der Waals surface area contributed by atoms with Crippen molar-refractivity contribution in [3.05, 3.63) is 51.5 Å². The van der Waals surface area contributed by atoms with Gasteiger partial charge in [-0.05, 0) is 24.5 Å². The molecule has 1 saturated heterocycles. The van der Waals surface area contributed by atoms with Gasteiger partial charge in [-0.15, -0.1) is 11.3 Å². The molecule has 0 aliphatic carbocycles. The number of amides is 1. The number of nitrogens with zero attached hydrogens (tertiary/aromatic N) is 3. The Morgan fingerprint density at radius 2 is 1.97 bits per heavy atom. The average Bonchev–Trinajstić information content (AvgIpc) is 3.34. The first-order chi connectivity index (χ1) is 14.3. The Labute approximate surface area is 177 Å². The van der Waals surface area contributed by atoms with Crippen molar-refractivity contribution in [2.24, 2.45) is 4.99 Å². The number of aromatic nitrogens is 1. The Hall–Kier alpha value is -2.62. The molecule has 1 aliphatic rings. The molecule has 0 spiro atoms. The molecule has 162 valence electrons.